The summed E-state index contributed by atoms with van der Waals surface area (Å²) < 4.78 is 16.6. The van der Waals surface area contributed by atoms with E-state index in [1.807, 2.05) is 0 Å². The molecule has 3 rings (SSSR count). The number of unbranched alkanes of at least 4 members (excludes halogenated alkanes) is 1. The van der Waals surface area contributed by atoms with E-state index in [2.05, 4.69) is 27.7 Å². The summed E-state index contributed by atoms with van der Waals surface area (Å²) in [6.45, 7) is 9.67. The molecule has 0 radical (unpaired) electrons. The van der Waals surface area contributed by atoms with Crippen LogP contribution in [0.1, 0.15) is 85.5 Å². The molecule has 1 aliphatic heterocycles. The van der Waals surface area contributed by atoms with Crippen LogP contribution in [0.2, 0.25) is 0 Å². The third-order valence-corrected chi connectivity index (χ3v) is 8.42. The van der Waals surface area contributed by atoms with Crippen molar-refractivity contribution in [3.63, 3.8) is 0 Å². The summed E-state index contributed by atoms with van der Waals surface area (Å²) in [5.41, 5.74) is 0. The fourth-order valence-electron chi connectivity index (χ4n) is 5.64. The van der Waals surface area contributed by atoms with Gasteiger partial charge >= 0.3 is 11.9 Å². The standard InChI is InChI=1S/C26H44O6/c1-5-16(2)21-10-17(3)19(12-22(21)27)14-30-25(28)8-6-7-9-26(29)31-15-20-13-24-23(32-24)11-18(20)4/h16-24,27H,5-15H2,1-4H3. The number of hydrogen-bond acceptors (Lipinski definition) is 6. The Kier molecular flexibility index (Phi) is 9.42. The van der Waals surface area contributed by atoms with Crippen LogP contribution < -0.4 is 0 Å². The molecule has 32 heavy (non-hydrogen) atoms. The van der Waals surface area contributed by atoms with E-state index < -0.39 is 0 Å². The van der Waals surface area contributed by atoms with Gasteiger partial charge in [0.15, 0.2) is 0 Å². The average molecular weight is 453 g/mol. The van der Waals surface area contributed by atoms with Crippen LogP contribution in [0, 0.1) is 35.5 Å². The molecule has 0 bridgehead atoms. The Bertz CT molecular complexity index is 621. The van der Waals surface area contributed by atoms with Gasteiger partial charge in [-0.15, -0.1) is 0 Å². The lowest BCUT2D eigenvalue weighted by Crippen LogP contribution is -2.39. The van der Waals surface area contributed by atoms with E-state index in [0.29, 0.717) is 87.1 Å². The fourth-order valence-corrected chi connectivity index (χ4v) is 5.64. The molecule has 2 saturated carbocycles. The number of aliphatic hydroxyl groups excluding tert-OH is 1. The van der Waals surface area contributed by atoms with Gasteiger partial charge in [-0.1, -0.05) is 34.1 Å². The van der Waals surface area contributed by atoms with Crippen molar-refractivity contribution in [2.45, 2.75) is 104 Å². The quantitative estimate of drug-likeness (QED) is 0.282. The Morgan fingerprint density at radius 2 is 1.44 bits per heavy atom. The van der Waals surface area contributed by atoms with Gasteiger partial charge < -0.3 is 19.3 Å². The number of esters is 2. The molecule has 6 heteroatoms. The lowest BCUT2D eigenvalue weighted by atomic mass is 9.69. The van der Waals surface area contributed by atoms with Gasteiger partial charge in [0.1, 0.15) is 0 Å². The number of epoxide rings is 1. The van der Waals surface area contributed by atoms with Gasteiger partial charge in [0.05, 0.1) is 31.5 Å². The second-order valence-corrected chi connectivity index (χ2v) is 10.8. The molecule has 1 saturated heterocycles. The molecule has 1 N–H and O–H groups in total. The van der Waals surface area contributed by atoms with Gasteiger partial charge in [0, 0.05) is 12.8 Å². The first-order chi connectivity index (χ1) is 15.3. The number of fused-ring (bicyclic) bond motifs is 1. The molecule has 0 aromatic carbocycles. The summed E-state index contributed by atoms with van der Waals surface area (Å²) in [7, 11) is 0. The number of aliphatic hydroxyl groups is 1. The minimum absolute atomic E-state index is 0.176. The topological polar surface area (TPSA) is 85.4 Å². The third-order valence-electron chi connectivity index (χ3n) is 8.42. The first-order valence-electron chi connectivity index (χ1n) is 12.9. The first kappa shape index (κ1) is 25.5. The first-order valence-corrected chi connectivity index (χ1v) is 12.9. The number of carbonyl (C=O) groups is 2. The zero-order valence-corrected chi connectivity index (χ0v) is 20.5. The highest BCUT2D eigenvalue weighted by molar-refractivity contribution is 5.70. The summed E-state index contributed by atoms with van der Waals surface area (Å²) in [6.07, 6.45) is 7.34. The molecule has 6 nitrogen and oxygen atoms in total. The number of rotatable bonds is 11. The Balaban J connectivity index is 1.23. The monoisotopic (exact) mass is 452 g/mol. The smallest absolute Gasteiger partial charge is 0.305 e. The van der Waals surface area contributed by atoms with E-state index in [-0.39, 0.29) is 24.0 Å². The van der Waals surface area contributed by atoms with E-state index in [0.717, 1.165) is 25.7 Å². The molecular weight excluding hydrogens is 408 g/mol. The molecule has 9 unspecified atom stereocenters. The molecule has 0 aromatic rings. The fraction of sp³-hybridized carbons (Fsp3) is 0.923. The zero-order valence-electron chi connectivity index (χ0n) is 20.5. The second-order valence-electron chi connectivity index (χ2n) is 10.8. The van der Waals surface area contributed by atoms with E-state index in [4.69, 9.17) is 14.2 Å². The molecule has 0 spiro atoms. The lowest BCUT2D eigenvalue weighted by molar-refractivity contribution is -0.148. The Hall–Kier alpha value is -1.14. The Labute approximate surface area is 193 Å². The van der Waals surface area contributed by atoms with Crippen molar-refractivity contribution < 1.29 is 28.9 Å². The minimum Gasteiger partial charge on any atom is -0.465 e. The summed E-state index contributed by atoms with van der Waals surface area (Å²) in [5, 5.41) is 10.5. The number of carbonyl (C=O) groups excluding carboxylic acids is 2. The predicted molar refractivity (Wildman–Crippen MR) is 122 cm³/mol. The molecule has 9 atom stereocenters. The van der Waals surface area contributed by atoms with Gasteiger partial charge in [-0.3, -0.25) is 9.59 Å². The lowest BCUT2D eigenvalue weighted by Gasteiger charge is -2.40. The molecule has 3 fully saturated rings. The van der Waals surface area contributed by atoms with Crippen LogP contribution in [0.15, 0.2) is 0 Å². The maximum atomic E-state index is 12.1. The third kappa shape index (κ3) is 7.18. The maximum absolute atomic E-state index is 12.1. The van der Waals surface area contributed by atoms with Crippen LogP contribution in [-0.2, 0) is 23.8 Å². The van der Waals surface area contributed by atoms with Crippen molar-refractivity contribution in [2.75, 3.05) is 13.2 Å². The van der Waals surface area contributed by atoms with Gasteiger partial charge in [0.2, 0.25) is 0 Å². The largest absolute Gasteiger partial charge is 0.465 e. The van der Waals surface area contributed by atoms with Crippen molar-refractivity contribution in [2.24, 2.45) is 35.5 Å². The highest BCUT2D eigenvalue weighted by atomic mass is 16.6. The number of ether oxygens (including phenoxy) is 3. The molecule has 0 aromatic heterocycles. The average Bonchev–Trinajstić information content (AvgIpc) is 3.52. The molecular formula is C26H44O6. The van der Waals surface area contributed by atoms with Crippen molar-refractivity contribution in [1.82, 2.24) is 0 Å². The zero-order chi connectivity index (χ0) is 23.3. The molecule has 3 aliphatic rings. The van der Waals surface area contributed by atoms with Gasteiger partial charge in [-0.2, -0.15) is 0 Å². The van der Waals surface area contributed by atoms with Crippen LogP contribution in [0.4, 0.5) is 0 Å². The van der Waals surface area contributed by atoms with E-state index >= 15 is 0 Å². The van der Waals surface area contributed by atoms with Crippen LogP contribution >= 0.6 is 0 Å². The van der Waals surface area contributed by atoms with Crippen molar-refractivity contribution in [3.05, 3.63) is 0 Å². The number of hydrogen-bond donors (Lipinski definition) is 1. The molecule has 184 valence electrons. The van der Waals surface area contributed by atoms with Crippen LogP contribution in [0.5, 0.6) is 0 Å². The Morgan fingerprint density at radius 1 is 0.906 bits per heavy atom. The minimum atomic E-state index is -0.300. The van der Waals surface area contributed by atoms with Crippen LogP contribution in [0.25, 0.3) is 0 Å². The SMILES string of the molecule is CCC(C)C1CC(C)C(COC(=O)CCCCC(=O)OCC2CC3OC3CC2C)CC1O. The van der Waals surface area contributed by atoms with Gasteiger partial charge in [-0.25, -0.2) is 0 Å². The summed E-state index contributed by atoms with van der Waals surface area (Å²) in [4.78, 5) is 24.2. The predicted octanol–water partition coefficient (Wildman–Crippen LogP) is 4.52. The second kappa shape index (κ2) is 11.8. The van der Waals surface area contributed by atoms with Crippen LogP contribution in [-0.4, -0.2) is 48.6 Å². The summed E-state index contributed by atoms with van der Waals surface area (Å²) >= 11 is 0. The van der Waals surface area contributed by atoms with Crippen molar-refractivity contribution in [3.8, 4) is 0 Å². The highest BCUT2D eigenvalue weighted by Crippen LogP contribution is 2.42. The van der Waals surface area contributed by atoms with Crippen molar-refractivity contribution in [1.29, 1.82) is 0 Å². The van der Waals surface area contributed by atoms with Crippen LogP contribution in [0.3, 0.4) is 0 Å². The Morgan fingerprint density at radius 3 is 2.03 bits per heavy atom. The van der Waals surface area contributed by atoms with Gasteiger partial charge in [-0.05, 0) is 74.0 Å². The molecule has 0 amide bonds. The summed E-state index contributed by atoms with van der Waals surface area (Å²) in [6, 6.07) is 0. The van der Waals surface area contributed by atoms with E-state index in [1.54, 1.807) is 0 Å². The molecule has 1 heterocycles. The maximum Gasteiger partial charge on any atom is 0.305 e. The summed E-state index contributed by atoms with van der Waals surface area (Å²) in [5.74, 6) is 2.10. The normalized spacial score (nSPS) is 37.3. The van der Waals surface area contributed by atoms with E-state index in [9.17, 15) is 14.7 Å². The van der Waals surface area contributed by atoms with Crippen molar-refractivity contribution >= 4 is 11.9 Å². The highest BCUT2D eigenvalue weighted by Gasteiger charge is 2.47. The molecule has 2 aliphatic carbocycles. The van der Waals surface area contributed by atoms with E-state index in [1.165, 1.54) is 0 Å². The van der Waals surface area contributed by atoms with Gasteiger partial charge in [0.25, 0.3) is 0 Å².